The van der Waals surface area contributed by atoms with Crippen molar-refractivity contribution in [2.75, 3.05) is 30.4 Å². The minimum atomic E-state index is -0.865. The molecule has 6 nitrogen and oxygen atoms in total. The number of aromatic nitrogens is 1. The van der Waals surface area contributed by atoms with Crippen LogP contribution in [0.4, 0.5) is 10.1 Å². The molecule has 1 unspecified atom stereocenters. The molecule has 1 aromatic heterocycles. The van der Waals surface area contributed by atoms with Crippen LogP contribution in [-0.2, 0) is 21.4 Å². The molecule has 0 aliphatic carbocycles. The third-order valence-electron chi connectivity index (χ3n) is 5.55. The van der Waals surface area contributed by atoms with Crippen molar-refractivity contribution in [3.8, 4) is 0 Å². The summed E-state index contributed by atoms with van der Waals surface area (Å²) in [5, 5.41) is 4.79. The number of anilines is 1. The second kappa shape index (κ2) is 9.75. The first-order valence-electron chi connectivity index (χ1n) is 10.7. The Labute approximate surface area is 190 Å². The molecule has 0 saturated heterocycles. The van der Waals surface area contributed by atoms with Gasteiger partial charge in [-0.2, -0.15) is 0 Å². The summed E-state index contributed by atoms with van der Waals surface area (Å²) in [7, 11) is 1.95. The summed E-state index contributed by atoms with van der Waals surface area (Å²) in [6.45, 7) is 3.54. The highest BCUT2D eigenvalue weighted by Gasteiger charge is 2.39. The zero-order valence-electron chi connectivity index (χ0n) is 18.1. The van der Waals surface area contributed by atoms with Gasteiger partial charge in [-0.15, -0.1) is 0 Å². The number of aryl methyl sites for hydroxylation is 1. The number of ether oxygens (including phenoxy) is 1. The standard InChI is InChI=1S/C24H26FN3O3S/c1-3-31-14-6-13-26-23(30)22-21-18-7-4-5-8-19(18)27(2)24(21)32-15-20(29)28(22)17-11-9-16(25)10-12-17/h4-5,7-12,22H,3,6,13-15H2,1-2H3,(H,26,30). The predicted molar refractivity (Wildman–Crippen MR) is 124 cm³/mol. The normalized spacial score (nSPS) is 16.2. The fourth-order valence-electron chi connectivity index (χ4n) is 4.08. The number of carbonyl (C=O) groups is 2. The van der Waals surface area contributed by atoms with Crippen molar-refractivity contribution >= 4 is 40.2 Å². The van der Waals surface area contributed by atoms with E-state index < -0.39 is 11.9 Å². The number of rotatable bonds is 7. The van der Waals surface area contributed by atoms with E-state index in [0.29, 0.717) is 31.9 Å². The summed E-state index contributed by atoms with van der Waals surface area (Å²) < 4.78 is 21.0. The average molecular weight is 456 g/mol. The van der Waals surface area contributed by atoms with Gasteiger partial charge < -0.3 is 14.6 Å². The fraction of sp³-hybridized carbons (Fsp3) is 0.333. The predicted octanol–water partition coefficient (Wildman–Crippen LogP) is 4.04. The molecule has 0 radical (unpaired) electrons. The Hall–Kier alpha value is -2.84. The van der Waals surface area contributed by atoms with Gasteiger partial charge in [0, 0.05) is 49.0 Å². The van der Waals surface area contributed by atoms with Crippen molar-refractivity contribution < 1.29 is 18.7 Å². The Kier molecular flexibility index (Phi) is 6.81. The number of hydrogen-bond acceptors (Lipinski definition) is 4. The van der Waals surface area contributed by atoms with Crippen molar-refractivity contribution in [2.24, 2.45) is 7.05 Å². The van der Waals surface area contributed by atoms with Gasteiger partial charge in [0.1, 0.15) is 11.9 Å². The average Bonchev–Trinajstić information content (AvgIpc) is 2.97. The van der Waals surface area contributed by atoms with Crippen LogP contribution >= 0.6 is 11.8 Å². The highest BCUT2D eigenvalue weighted by Crippen LogP contribution is 2.43. The monoisotopic (exact) mass is 455 g/mol. The van der Waals surface area contributed by atoms with Gasteiger partial charge in [-0.3, -0.25) is 14.5 Å². The van der Waals surface area contributed by atoms with E-state index in [0.717, 1.165) is 21.5 Å². The van der Waals surface area contributed by atoms with Crippen molar-refractivity contribution in [1.82, 2.24) is 9.88 Å². The largest absolute Gasteiger partial charge is 0.382 e. The lowest BCUT2D eigenvalue weighted by Crippen LogP contribution is -2.44. The van der Waals surface area contributed by atoms with Gasteiger partial charge in [-0.1, -0.05) is 30.0 Å². The van der Waals surface area contributed by atoms with Gasteiger partial charge in [0.2, 0.25) is 11.8 Å². The van der Waals surface area contributed by atoms with E-state index in [9.17, 15) is 14.0 Å². The molecule has 2 amide bonds. The minimum absolute atomic E-state index is 0.183. The van der Waals surface area contributed by atoms with Crippen LogP contribution in [0.15, 0.2) is 53.6 Å². The first-order valence-corrected chi connectivity index (χ1v) is 11.6. The topological polar surface area (TPSA) is 63.6 Å². The summed E-state index contributed by atoms with van der Waals surface area (Å²) >= 11 is 1.43. The van der Waals surface area contributed by atoms with Crippen LogP contribution < -0.4 is 10.2 Å². The van der Waals surface area contributed by atoms with Crippen LogP contribution in [0.25, 0.3) is 10.9 Å². The number of halogens is 1. The maximum absolute atomic E-state index is 13.6. The summed E-state index contributed by atoms with van der Waals surface area (Å²) in [5.41, 5.74) is 2.28. The molecule has 0 spiro atoms. The molecule has 1 N–H and O–H groups in total. The first kappa shape index (κ1) is 22.4. The van der Waals surface area contributed by atoms with Crippen LogP contribution in [0.2, 0.25) is 0 Å². The Morgan fingerprint density at radius 1 is 1.22 bits per heavy atom. The molecule has 32 heavy (non-hydrogen) atoms. The van der Waals surface area contributed by atoms with Crippen molar-refractivity contribution in [3.63, 3.8) is 0 Å². The van der Waals surface area contributed by atoms with E-state index in [1.165, 1.54) is 28.8 Å². The third kappa shape index (κ3) is 4.25. The molecule has 1 aliphatic heterocycles. The Balaban J connectivity index is 1.80. The molecular weight excluding hydrogens is 429 g/mol. The molecule has 0 fully saturated rings. The van der Waals surface area contributed by atoms with Crippen molar-refractivity contribution in [1.29, 1.82) is 0 Å². The van der Waals surface area contributed by atoms with Crippen LogP contribution in [0, 0.1) is 5.82 Å². The maximum Gasteiger partial charge on any atom is 0.247 e. The minimum Gasteiger partial charge on any atom is -0.382 e. The van der Waals surface area contributed by atoms with Crippen LogP contribution in [0.5, 0.6) is 0 Å². The first-order chi connectivity index (χ1) is 15.5. The highest BCUT2D eigenvalue weighted by molar-refractivity contribution is 8.00. The summed E-state index contributed by atoms with van der Waals surface area (Å²) in [5.74, 6) is -0.674. The number of amides is 2. The quantitative estimate of drug-likeness (QED) is 0.546. The third-order valence-corrected chi connectivity index (χ3v) is 6.70. The number of benzene rings is 2. The van der Waals surface area contributed by atoms with Gasteiger partial charge in [-0.25, -0.2) is 4.39 Å². The molecule has 1 atom stereocenters. The van der Waals surface area contributed by atoms with E-state index in [2.05, 4.69) is 5.32 Å². The van der Waals surface area contributed by atoms with Gasteiger partial charge in [-0.05, 0) is 43.7 Å². The maximum atomic E-state index is 13.6. The SMILES string of the molecule is CCOCCCNC(=O)C1c2c(n(C)c3ccccc23)SCC(=O)N1c1ccc(F)cc1. The van der Waals surface area contributed by atoms with Crippen molar-refractivity contribution in [2.45, 2.75) is 24.4 Å². The van der Waals surface area contributed by atoms with E-state index >= 15 is 0 Å². The van der Waals surface area contributed by atoms with Gasteiger partial charge >= 0.3 is 0 Å². The van der Waals surface area contributed by atoms with E-state index in [1.807, 2.05) is 42.8 Å². The number of para-hydroxylation sites is 1. The lowest BCUT2D eigenvalue weighted by molar-refractivity contribution is -0.125. The number of nitrogens with zero attached hydrogens (tertiary/aromatic N) is 2. The number of nitrogens with one attached hydrogen (secondary N) is 1. The highest BCUT2D eigenvalue weighted by atomic mass is 32.2. The molecule has 3 aromatic rings. The molecule has 4 rings (SSSR count). The van der Waals surface area contributed by atoms with Gasteiger partial charge in [0.05, 0.1) is 10.8 Å². The zero-order valence-corrected chi connectivity index (χ0v) is 19.0. The number of fused-ring (bicyclic) bond motifs is 3. The van der Waals surface area contributed by atoms with Crippen LogP contribution in [0.3, 0.4) is 0 Å². The van der Waals surface area contributed by atoms with E-state index in [1.54, 1.807) is 12.1 Å². The second-order valence-electron chi connectivity index (χ2n) is 7.57. The smallest absolute Gasteiger partial charge is 0.247 e. The number of carbonyl (C=O) groups excluding carboxylic acids is 2. The molecule has 2 aromatic carbocycles. The molecule has 0 saturated carbocycles. The molecule has 1 aliphatic rings. The van der Waals surface area contributed by atoms with Crippen LogP contribution in [-0.4, -0.2) is 41.9 Å². The molecule has 0 bridgehead atoms. The molecule has 2 heterocycles. The van der Waals surface area contributed by atoms with E-state index in [-0.39, 0.29) is 17.6 Å². The van der Waals surface area contributed by atoms with Gasteiger partial charge in [0.25, 0.3) is 0 Å². The lowest BCUT2D eigenvalue weighted by Gasteiger charge is -2.30. The van der Waals surface area contributed by atoms with Crippen molar-refractivity contribution in [3.05, 3.63) is 59.9 Å². The summed E-state index contributed by atoms with van der Waals surface area (Å²) in [4.78, 5) is 28.3. The molecule has 8 heteroatoms. The Morgan fingerprint density at radius 3 is 2.72 bits per heavy atom. The van der Waals surface area contributed by atoms with Gasteiger partial charge in [0.15, 0.2) is 0 Å². The van der Waals surface area contributed by atoms with Crippen LogP contribution in [0.1, 0.15) is 24.9 Å². The molecular formula is C24H26FN3O3S. The lowest BCUT2D eigenvalue weighted by atomic mass is 10.0. The molecule has 168 valence electrons. The zero-order chi connectivity index (χ0) is 22.7. The number of hydrogen-bond donors (Lipinski definition) is 1. The fourth-order valence-corrected chi connectivity index (χ4v) is 5.15. The number of thioether (sulfide) groups is 1. The summed E-state index contributed by atoms with van der Waals surface area (Å²) in [6.07, 6.45) is 0.675. The Bertz CT molecular complexity index is 1130. The Morgan fingerprint density at radius 2 is 1.97 bits per heavy atom. The summed E-state index contributed by atoms with van der Waals surface area (Å²) in [6, 6.07) is 12.7. The second-order valence-corrected chi connectivity index (χ2v) is 8.53. The van der Waals surface area contributed by atoms with E-state index in [4.69, 9.17) is 4.74 Å².